The predicted octanol–water partition coefficient (Wildman–Crippen LogP) is -1.50. The monoisotopic (exact) mass is 191 g/mol. The molecule has 0 atom stereocenters. The van der Waals surface area contributed by atoms with E-state index in [0.29, 0.717) is 13.1 Å². The minimum Gasteiger partial charge on any atom is -0.313 e. The van der Waals surface area contributed by atoms with Gasteiger partial charge in [0.2, 0.25) is 0 Å². The van der Waals surface area contributed by atoms with Crippen molar-refractivity contribution in [2.45, 2.75) is 12.5 Å². The molecule has 2 aliphatic heterocycles. The van der Waals surface area contributed by atoms with Crippen LogP contribution in [-0.4, -0.2) is 44.9 Å². The summed E-state index contributed by atoms with van der Waals surface area (Å²) in [6, 6.07) is 0.183. The van der Waals surface area contributed by atoms with Gasteiger partial charge in [-0.05, 0) is 6.42 Å². The van der Waals surface area contributed by atoms with E-state index in [-0.39, 0.29) is 6.04 Å². The molecular weight excluding hydrogens is 178 g/mol. The first-order valence-electron chi connectivity index (χ1n) is 4.17. The van der Waals surface area contributed by atoms with Crippen molar-refractivity contribution in [2.75, 3.05) is 26.2 Å². The van der Waals surface area contributed by atoms with Crippen LogP contribution >= 0.6 is 0 Å². The van der Waals surface area contributed by atoms with Crippen LogP contribution in [0.15, 0.2) is 0 Å². The quantitative estimate of drug-likeness (QED) is 0.530. The van der Waals surface area contributed by atoms with Gasteiger partial charge in [0.25, 0.3) is 10.2 Å². The molecule has 2 fully saturated rings. The second-order valence-electron chi connectivity index (χ2n) is 3.18. The average molecular weight is 191 g/mol. The van der Waals surface area contributed by atoms with Gasteiger partial charge in [-0.3, -0.25) is 0 Å². The topological polar surface area (TPSA) is 61.4 Å². The van der Waals surface area contributed by atoms with E-state index >= 15 is 0 Å². The Morgan fingerprint density at radius 2 is 2.08 bits per heavy atom. The molecule has 2 aliphatic rings. The molecule has 0 aromatic carbocycles. The number of hydrogen-bond acceptors (Lipinski definition) is 3. The van der Waals surface area contributed by atoms with Crippen molar-refractivity contribution < 1.29 is 8.42 Å². The summed E-state index contributed by atoms with van der Waals surface area (Å²) in [5.41, 5.74) is 0. The summed E-state index contributed by atoms with van der Waals surface area (Å²) in [5.74, 6) is 0. The summed E-state index contributed by atoms with van der Waals surface area (Å²) >= 11 is 0. The third-order valence-electron chi connectivity index (χ3n) is 2.32. The SMILES string of the molecule is O=S1(=O)NCCCN1C1CNC1. The van der Waals surface area contributed by atoms with Gasteiger partial charge in [0, 0.05) is 26.2 Å². The van der Waals surface area contributed by atoms with Crippen LogP contribution in [0.3, 0.4) is 0 Å². The summed E-state index contributed by atoms with van der Waals surface area (Å²) < 4.78 is 26.9. The Morgan fingerprint density at radius 3 is 2.58 bits per heavy atom. The Bertz CT molecular complexity index is 260. The summed E-state index contributed by atoms with van der Waals surface area (Å²) in [5, 5.41) is 3.06. The summed E-state index contributed by atoms with van der Waals surface area (Å²) in [4.78, 5) is 0. The first kappa shape index (κ1) is 8.43. The molecule has 2 N–H and O–H groups in total. The van der Waals surface area contributed by atoms with Gasteiger partial charge in [-0.1, -0.05) is 0 Å². The van der Waals surface area contributed by atoms with Crippen molar-refractivity contribution >= 4 is 10.2 Å². The van der Waals surface area contributed by atoms with E-state index in [1.165, 1.54) is 0 Å². The van der Waals surface area contributed by atoms with Gasteiger partial charge >= 0.3 is 0 Å². The fourth-order valence-corrected chi connectivity index (χ4v) is 2.97. The molecule has 70 valence electrons. The van der Waals surface area contributed by atoms with E-state index in [0.717, 1.165) is 19.5 Å². The van der Waals surface area contributed by atoms with Crippen LogP contribution in [-0.2, 0) is 10.2 Å². The zero-order chi connectivity index (χ0) is 8.60. The second kappa shape index (κ2) is 2.95. The number of nitrogens with zero attached hydrogens (tertiary/aromatic N) is 1. The molecule has 2 rings (SSSR count). The van der Waals surface area contributed by atoms with E-state index in [2.05, 4.69) is 10.0 Å². The number of hydrogen-bond donors (Lipinski definition) is 2. The molecule has 0 aromatic rings. The molecule has 0 bridgehead atoms. The maximum Gasteiger partial charge on any atom is 0.279 e. The third-order valence-corrected chi connectivity index (χ3v) is 3.98. The molecule has 0 aliphatic carbocycles. The lowest BCUT2D eigenvalue weighted by Crippen LogP contribution is -2.62. The van der Waals surface area contributed by atoms with Crippen LogP contribution in [0.5, 0.6) is 0 Å². The van der Waals surface area contributed by atoms with Crippen LogP contribution in [0.2, 0.25) is 0 Å². The minimum atomic E-state index is -3.14. The Kier molecular flexibility index (Phi) is 2.07. The molecule has 12 heavy (non-hydrogen) atoms. The summed E-state index contributed by atoms with van der Waals surface area (Å²) in [7, 11) is -3.14. The highest BCUT2D eigenvalue weighted by molar-refractivity contribution is 7.87. The Morgan fingerprint density at radius 1 is 1.33 bits per heavy atom. The van der Waals surface area contributed by atoms with Crippen molar-refractivity contribution in [3.8, 4) is 0 Å². The molecule has 0 aromatic heterocycles. The summed E-state index contributed by atoms with van der Waals surface area (Å²) in [6.07, 6.45) is 0.912. The zero-order valence-corrected chi connectivity index (χ0v) is 7.60. The highest BCUT2D eigenvalue weighted by Gasteiger charge is 2.34. The fraction of sp³-hybridized carbons (Fsp3) is 1.00. The Balaban J connectivity index is 2.10. The van der Waals surface area contributed by atoms with Gasteiger partial charge in [0.15, 0.2) is 0 Å². The van der Waals surface area contributed by atoms with E-state index in [4.69, 9.17) is 0 Å². The van der Waals surface area contributed by atoms with E-state index in [1.807, 2.05) is 0 Å². The van der Waals surface area contributed by atoms with Crippen molar-refractivity contribution in [3.05, 3.63) is 0 Å². The molecule has 5 nitrogen and oxygen atoms in total. The molecule has 0 amide bonds. The van der Waals surface area contributed by atoms with Crippen LogP contribution < -0.4 is 10.0 Å². The number of rotatable bonds is 1. The predicted molar refractivity (Wildman–Crippen MR) is 44.9 cm³/mol. The third kappa shape index (κ3) is 1.35. The number of nitrogens with one attached hydrogen (secondary N) is 2. The summed E-state index contributed by atoms with van der Waals surface area (Å²) in [6.45, 7) is 2.84. The molecule has 0 unspecified atom stereocenters. The van der Waals surface area contributed by atoms with Crippen molar-refractivity contribution in [1.29, 1.82) is 0 Å². The van der Waals surface area contributed by atoms with Gasteiger partial charge in [-0.15, -0.1) is 0 Å². The second-order valence-corrected chi connectivity index (χ2v) is 4.88. The molecule has 6 heteroatoms. The lowest BCUT2D eigenvalue weighted by molar-refractivity contribution is 0.228. The van der Waals surface area contributed by atoms with Gasteiger partial charge < -0.3 is 5.32 Å². The molecule has 2 heterocycles. The standard InChI is InChI=1S/C6H13N3O2S/c10-12(11)8-2-1-3-9(12)6-4-7-5-6/h6-8H,1-5H2. The largest absolute Gasteiger partial charge is 0.313 e. The smallest absolute Gasteiger partial charge is 0.279 e. The van der Waals surface area contributed by atoms with Crippen molar-refractivity contribution in [1.82, 2.24) is 14.3 Å². The minimum absolute atomic E-state index is 0.183. The van der Waals surface area contributed by atoms with E-state index in [1.54, 1.807) is 4.31 Å². The molecular formula is C6H13N3O2S. The van der Waals surface area contributed by atoms with Gasteiger partial charge in [0.1, 0.15) is 0 Å². The molecule has 2 saturated heterocycles. The molecule has 0 saturated carbocycles. The van der Waals surface area contributed by atoms with Gasteiger partial charge in [-0.25, -0.2) is 4.72 Å². The van der Waals surface area contributed by atoms with Crippen molar-refractivity contribution in [2.24, 2.45) is 0 Å². The first-order valence-corrected chi connectivity index (χ1v) is 5.61. The lowest BCUT2D eigenvalue weighted by atomic mass is 10.2. The lowest BCUT2D eigenvalue weighted by Gasteiger charge is -2.39. The maximum absolute atomic E-state index is 11.4. The van der Waals surface area contributed by atoms with Crippen molar-refractivity contribution in [3.63, 3.8) is 0 Å². The highest BCUT2D eigenvalue weighted by Crippen LogP contribution is 2.13. The zero-order valence-electron chi connectivity index (χ0n) is 6.78. The Labute approximate surface area is 72.3 Å². The van der Waals surface area contributed by atoms with Gasteiger partial charge in [-0.2, -0.15) is 12.7 Å². The first-order chi connectivity index (χ1) is 5.70. The normalized spacial score (nSPS) is 31.3. The van der Waals surface area contributed by atoms with Crippen LogP contribution in [0.1, 0.15) is 6.42 Å². The average Bonchev–Trinajstić information content (AvgIpc) is 1.89. The highest BCUT2D eigenvalue weighted by atomic mass is 32.2. The van der Waals surface area contributed by atoms with Crippen LogP contribution in [0, 0.1) is 0 Å². The molecule has 0 radical (unpaired) electrons. The molecule has 0 spiro atoms. The van der Waals surface area contributed by atoms with Gasteiger partial charge in [0.05, 0.1) is 6.04 Å². The van der Waals surface area contributed by atoms with E-state index < -0.39 is 10.2 Å². The Hall–Kier alpha value is -0.170. The maximum atomic E-state index is 11.4. The fourth-order valence-electron chi connectivity index (χ4n) is 1.50. The van der Waals surface area contributed by atoms with Crippen LogP contribution in [0.25, 0.3) is 0 Å². The van der Waals surface area contributed by atoms with E-state index in [9.17, 15) is 8.42 Å². The van der Waals surface area contributed by atoms with Crippen LogP contribution in [0.4, 0.5) is 0 Å².